The van der Waals surface area contributed by atoms with Gasteiger partial charge in [0.2, 0.25) is 0 Å². The first-order valence-corrected chi connectivity index (χ1v) is 7.28. The fourth-order valence-electron chi connectivity index (χ4n) is 2.35. The van der Waals surface area contributed by atoms with Gasteiger partial charge in [-0.05, 0) is 44.1 Å². The van der Waals surface area contributed by atoms with Crippen LogP contribution in [-0.2, 0) is 6.42 Å². The summed E-state index contributed by atoms with van der Waals surface area (Å²) >= 11 is 0. The molecule has 0 heterocycles. The van der Waals surface area contributed by atoms with Crippen molar-refractivity contribution in [2.75, 3.05) is 7.05 Å². The van der Waals surface area contributed by atoms with Crippen LogP contribution in [0.15, 0.2) is 35.7 Å². The van der Waals surface area contributed by atoms with E-state index in [1.807, 2.05) is 12.1 Å². The second kappa shape index (κ2) is 6.60. The van der Waals surface area contributed by atoms with Gasteiger partial charge in [-0.2, -0.15) is 0 Å². The summed E-state index contributed by atoms with van der Waals surface area (Å²) in [7, 11) is 1.76. The minimum Gasteiger partial charge on any atom is -0.511 e. The van der Waals surface area contributed by atoms with E-state index in [2.05, 4.69) is 17.4 Å². The van der Waals surface area contributed by atoms with E-state index in [-0.39, 0.29) is 11.5 Å². The average molecular weight is 273 g/mol. The molecule has 0 aliphatic heterocycles. The van der Waals surface area contributed by atoms with Gasteiger partial charge < -0.3 is 10.4 Å². The van der Waals surface area contributed by atoms with Crippen LogP contribution in [0.2, 0.25) is 0 Å². The highest BCUT2D eigenvalue weighted by molar-refractivity contribution is 5.96. The molecule has 0 spiro atoms. The summed E-state index contributed by atoms with van der Waals surface area (Å²) in [6.07, 6.45) is 4.79. The van der Waals surface area contributed by atoms with Crippen LogP contribution in [0.4, 0.5) is 0 Å². The van der Waals surface area contributed by atoms with Gasteiger partial charge >= 0.3 is 0 Å². The lowest BCUT2D eigenvalue weighted by atomic mass is 10.0. The molecule has 20 heavy (non-hydrogen) atoms. The molecule has 1 saturated carbocycles. The molecule has 0 saturated heterocycles. The van der Waals surface area contributed by atoms with Crippen molar-refractivity contribution in [3.05, 3.63) is 46.8 Å². The molecular weight excluding hydrogens is 250 g/mol. The predicted molar refractivity (Wildman–Crippen MR) is 80.8 cm³/mol. The number of benzene rings is 1. The average Bonchev–Trinajstić information content (AvgIpc) is 3.23. The fourth-order valence-corrected chi connectivity index (χ4v) is 2.35. The molecular formula is C17H23NO2. The molecule has 0 bridgehead atoms. The van der Waals surface area contributed by atoms with E-state index < -0.39 is 0 Å². The van der Waals surface area contributed by atoms with Gasteiger partial charge in [-0.1, -0.05) is 24.3 Å². The second-order valence-corrected chi connectivity index (χ2v) is 5.58. The number of rotatable bonds is 7. The number of ketones is 1. The maximum Gasteiger partial charge on any atom is 0.163 e. The quantitative estimate of drug-likeness (QED) is 0.589. The highest BCUT2D eigenvalue weighted by Gasteiger charge is 2.21. The van der Waals surface area contributed by atoms with E-state index in [0.717, 1.165) is 23.6 Å². The Morgan fingerprint density at radius 3 is 2.40 bits per heavy atom. The smallest absolute Gasteiger partial charge is 0.163 e. The summed E-state index contributed by atoms with van der Waals surface area (Å²) in [6.45, 7) is 1.63. The molecule has 2 N–H and O–H groups in total. The molecule has 0 radical (unpaired) electrons. The van der Waals surface area contributed by atoms with Crippen LogP contribution in [0, 0.1) is 5.92 Å². The Balaban J connectivity index is 1.90. The summed E-state index contributed by atoms with van der Waals surface area (Å²) in [6, 6.07) is 7.98. The maximum absolute atomic E-state index is 12.1. The van der Waals surface area contributed by atoms with E-state index in [4.69, 9.17) is 0 Å². The van der Waals surface area contributed by atoms with Crippen LogP contribution >= 0.6 is 0 Å². The van der Waals surface area contributed by atoms with Crippen molar-refractivity contribution in [3.63, 3.8) is 0 Å². The van der Waals surface area contributed by atoms with E-state index in [1.54, 1.807) is 14.0 Å². The largest absolute Gasteiger partial charge is 0.511 e. The molecule has 0 unspecified atom stereocenters. The molecule has 1 aromatic rings. The molecule has 108 valence electrons. The fraction of sp³-hybridized carbons (Fsp3) is 0.471. The third kappa shape index (κ3) is 4.12. The standard InChI is InChI=1S/C17H23NO2/c1-12(19)16(18-2)9-10-17(20)15-7-5-14(6-8-15)11-13-3-4-13/h5-8,13,18-19H,3-4,9-11H2,1-2H3/b16-12-. The number of carbonyl (C=O) groups is 1. The van der Waals surface area contributed by atoms with Gasteiger partial charge in [-0.3, -0.25) is 4.79 Å². The number of carbonyl (C=O) groups excluding carboxylic acids is 1. The number of allylic oxidation sites excluding steroid dienone is 2. The van der Waals surface area contributed by atoms with Crippen molar-refractivity contribution in [3.8, 4) is 0 Å². The molecule has 1 aromatic carbocycles. The van der Waals surface area contributed by atoms with Crippen molar-refractivity contribution in [2.45, 2.75) is 39.0 Å². The zero-order valence-corrected chi connectivity index (χ0v) is 12.3. The van der Waals surface area contributed by atoms with Gasteiger partial charge in [-0.25, -0.2) is 0 Å². The minimum absolute atomic E-state index is 0.122. The van der Waals surface area contributed by atoms with Gasteiger partial charge in [0.05, 0.1) is 0 Å². The van der Waals surface area contributed by atoms with Crippen molar-refractivity contribution >= 4 is 5.78 Å². The Morgan fingerprint density at radius 2 is 1.90 bits per heavy atom. The Labute approximate surface area is 120 Å². The summed E-state index contributed by atoms with van der Waals surface area (Å²) in [5.41, 5.74) is 2.81. The highest BCUT2D eigenvalue weighted by atomic mass is 16.3. The lowest BCUT2D eigenvalue weighted by molar-refractivity contribution is 0.0982. The monoisotopic (exact) mass is 273 g/mol. The lowest BCUT2D eigenvalue weighted by Gasteiger charge is -2.08. The molecule has 0 atom stereocenters. The van der Waals surface area contributed by atoms with Crippen molar-refractivity contribution in [2.24, 2.45) is 5.92 Å². The number of Topliss-reactive ketones (excluding diaryl/α,β-unsaturated/α-hetero) is 1. The Morgan fingerprint density at radius 1 is 1.25 bits per heavy atom. The number of aliphatic hydroxyl groups excluding tert-OH is 1. The number of hydrogen-bond donors (Lipinski definition) is 2. The molecule has 1 aliphatic rings. The number of nitrogens with one attached hydrogen (secondary N) is 1. The van der Waals surface area contributed by atoms with E-state index >= 15 is 0 Å². The number of aliphatic hydroxyl groups is 1. The van der Waals surface area contributed by atoms with Crippen LogP contribution in [0.1, 0.15) is 48.5 Å². The van der Waals surface area contributed by atoms with Gasteiger partial charge in [0, 0.05) is 24.7 Å². The summed E-state index contributed by atoms with van der Waals surface area (Å²) in [4.78, 5) is 12.1. The first-order chi connectivity index (χ1) is 9.60. The molecule has 1 fully saturated rings. The van der Waals surface area contributed by atoms with Gasteiger partial charge in [0.15, 0.2) is 5.78 Å². The second-order valence-electron chi connectivity index (χ2n) is 5.58. The van der Waals surface area contributed by atoms with Crippen LogP contribution in [0.5, 0.6) is 0 Å². The van der Waals surface area contributed by atoms with Crippen LogP contribution < -0.4 is 5.32 Å². The topological polar surface area (TPSA) is 49.3 Å². The zero-order valence-electron chi connectivity index (χ0n) is 12.3. The Hall–Kier alpha value is -1.77. The first-order valence-electron chi connectivity index (χ1n) is 7.28. The van der Waals surface area contributed by atoms with Gasteiger partial charge in [0.25, 0.3) is 0 Å². The SMILES string of the molecule is CN/C(CCC(=O)c1ccc(CC2CC2)cc1)=C(/C)O. The van der Waals surface area contributed by atoms with E-state index in [1.165, 1.54) is 18.4 Å². The Bertz CT molecular complexity index is 494. The third-order valence-electron chi connectivity index (χ3n) is 3.84. The summed E-state index contributed by atoms with van der Waals surface area (Å²) < 4.78 is 0. The van der Waals surface area contributed by atoms with Crippen LogP contribution in [-0.4, -0.2) is 17.9 Å². The minimum atomic E-state index is 0.122. The van der Waals surface area contributed by atoms with Gasteiger partial charge in [0.1, 0.15) is 5.76 Å². The van der Waals surface area contributed by atoms with Crippen LogP contribution in [0.3, 0.4) is 0 Å². The molecule has 1 aliphatic carbocycles. The summed E-state index contributed by atoms with van der Waals surface area (Å²) in [5, 5.41) is 12.4. The molecule has 3 heteroatoms. The van der Waals surface area contributed by atoms with E-state index in [9.17, 15) is 9.90 Å². The molecule has 0 amide bonds. The van der Waals surface area contributed by atoms with Crippen molar-refractivity contribution in [1.82, 2.24) is 5.32 Å². The normalized spacial score (nSPS) is 15.7. The van der Waals surface area contributed by atoms with E-state index in [0.29, 0.717) is 12.8 Å². The Kier molecular flexibility index (Phi) is 4.83. The molecule has 0 aromatic heterocycles. The third-order valence-corrected chi connectivity index (χ3v) is 3.84. The predicted octanol–water partition coefficient (Wildman–Crippen LogP) is 3.61. The molecule has 3 nitrogen and oxygen atoms in total. The lowest BCUT2D eigenvalue weighted by Crippen LogP contribution is -2.10. The first kappa shape index (κ1) is 14.6. The molecule has 2 rings (SSSR count). The highest BCUT2D eigenvalue weighted by Crippen LogP contribution is 2.32. The van der Waals surface area contributed by atoms with Crippen molar-refractivity contribution in [1.29, 1.82) is 0 Å². The van der Waals surface area contributed by atoms with Gasteiger partial charge in [-0.15, -0.1) is 0 Å². The summed E-state index contributed by atoms with van der Waals surface area (Å²) in [5.74, 6) is 1.24. The number of hydrogen-bond acceptors (Lipinski definition) is 3. The van der Waals surface area contributed by atoms with Crippen LogP contribution in [0.25, 0.3) is 0 Å². The van der Waals surface area contributed by atoms with Crippen molar-refractivity contribution < 1.29 is 9.90 Å². The zero-order chi connectivity index (χ0) is 14.5. The maximum atomic E-state index is 12.1.